The summed E-state index contributed by atoms with van der Waals surface area (Å²) in [7, 11) is 0. The zero-order chi connectivity index (χ0) is 11.0. The molecule has 0 N–H and O–H groups in total. The predicted octanol–water partition coefficient (Wildman–Crippen LogP) is 4.08. The molecule has 2 rings (SSSR count). The fraction of sp³-hybridized carbons (Fsp3) is 0.200. The molecule has 0 radical (unpaired) electrons. The van der Waals surface area contributed by atoms with E-state index in [4.69, 9.17) is 11.6 Å². The molecule has 2 nitrogen and oxygen atoms in total. The van der Waals surface area contributed by atoms with Crippen molar-refractivity contribution < 1.29 is 0 Å². The van der Waals surface area contributed by atoms with Crippen molar-refractivity contribution in [1.29, 1.82) is 0 Å². The van der Waals surface area contributed by atoms with Crippen molar-refractivity contribution in [2.45, 2.75) is 13.8 Å². The lowest BCUT2D eigenvalue weighted by Gasteiger charge is -2.03. The number of thiophene rings is 1. The molecule has 5 heteroatoms. The third-order valence-electron chi connectivity index (χ3n) is 2.04. The number of halogens is 2. The summed E-state index contributed by atoms with van der Waals surface area (Å²) in [6.45, 7) is 4.00. The minimum absolute atomic E-state index is 0.533. The Morgan fingerprint density at radius 2 is 2.07 bits per heavy atom. The van der Waals surface area contributed by atoms with E-state index in [0.29, 0.717) is 5.15 Å². The van der Waals surface area contributed by atoms with E-state index in [1.54, 1.807) is 11.3 Å². The molecule has 78 valence electrons. The summed E-state index contributed by atoms with van der Waals surface area (Å²) < 4.78 is 0.923. The van der Waals surface area contributed by atoms with Crippen molar-refractivity contribution in [2.75, 3.05) is 0 Å². The molecule has 2 aromatic rings. The fourth-order valence-corrected chi connectivity index (χ4v) is 2.54. The molecule has 0 amide bonds. The van der Waals surface area contributed by atoms with Crippen LogP contribution in [-0.2, 0) is 0 Å². The van der Waals surface area contributed by atoms with Gasteiger partial charge in [0.2, 0.25) is 0 Å². The van der Waals surface area contributed by atoms with Crippen LogP contribution in [0.1, 0.15) is 11.3 Å². The van der Waals surface area contributed by atoms with Gasteiger partial charge in [-0.25, -0.2) is 9.97 Å². The van der Waals surface area contributed by atoms with Gasteiger partial charge in [0.1, 0.15) is 5.15 Å². The molecule has 0 saturated heterocycles. The van der Waals surface area contributed by atoms with Gasteiger partial charge in [0.15, 0.2) is 5.82 Å². The first-order valence-electron chi connectivity index (χ1n) is 4.33. The molecule has 0 aliphatic heterocycles. The Kier molecular flexibility index (Phi) is 3.27. The average Bonchev–Trinajstić information content (AvgIpc) is 2.60. The molecular weight excluding hydrogens is 343 g/mol. The van der Waals surface area contributed by atoms with Crippen LogP contribution < -0.4 is 0 Å². The highest BCUT2D eigenvalue weighted by Crippen LogP contribution is 2.29. The van der Waals surface area contributed by atoms with Crippen molar-refractivity contribution in [1.82, 2.24) is 9.97 Å². The molecule has 0 fully saturated rings. The smallest absolute Gasteiger partial charge is 0.171 e. The van der Waals surface area contributed by atoms with Gasteiger partial charge < -0.3 is 0 Å². The van der Waals surface area contributed by atoms with Crippen LogP contribution in [0.5, 0.6) is 0 Å². The van der Waals surface area contributed by atoms with E-state index in [9.17, 15) is 0 Å². The van der Waals surface area contributed by atoms with Crippen LogP contribution in [0, 0.1) is 17.4 Å². The van der Waals surface area contributed by atoms with Crippen LogP contribution in [0.15, 0.2) is 11.4 Å². The van der Waals surface area contributed by atoms with E-state index in [2.05, 4.69) is 45.5 Å². The van der Waals surface area contributed by atoms with Gasteiger partial charge in [0.05, 0.1) is 14.1 Å². The second-order valence-corrected chi connectivity index (χ2v) is 5.52. The monoisotopic (exact) mass is 350 g/mol. The SMILES string of the molecule is Cc1ccsc1-c1nc(C)c(I)c(Cl)n1. The van der Waals surface area contributed by atoms with Crippen LogP contribution >= 0.6 is 45.5 Å². The molecule has 0 bridgehead atoms. The largest absolute Gasteiger partial charge is 0.231 e. The van der Waals surface area contributed by atoms with E-state index in [0.717, 1.165) is 20.0 Å². The molecule has 15 heavy (non-hydrogen) atoms. The maximum absolute atomic E-state index is 6.03. The molecule has 2 aromatic heterocycles. The topological polar surface area (TPSA) is 25.8 Å². The third kappa shape index (κ3) is 2.16. The van der Waals surface area contributed by atoms with Crippen LogP contribution in [0.2, 0.25) is 5.15 Å². The Morgan fingerprint density at radius 1 is 1.33 bits per heavy atom. The molecular formula is C10H8ClIN2S. The Bertz CT molecular complexity index is 487. The molecule has 0 atom stereocenters. The number of hydrogen-bond acceptors (Lipinski definition) is 3. The first kappa shape index (κ1) is 11.3. The quantitative estimate of drug-likeness (QED) is 0.572. The van der Waals surface area contributed by atoms with Gasteiger partial charge in [-0.05, 0) is 53.4 Å². The van der Waals surface area contributed by atoms with Gasteiger partial charge in [-0.1, -0.05) is 11.6 Å². The molecule has 0 saturated carbocycles. The molecule has 0 aliphatic rings. The van der Waals surface area contributed by atoms with E-state index >= 15 is 0 Å². The molecule has 0 aromatic carbocycles. The van der Waals surface area contributed by atoms with E-state index in [1.165, 1.54) is 5.56 Å². The van der Waals surface area contributed by atoms with E-state index in [1.807, 2.05) is 12.3 Å². The molecule has 2 heterocycles. The van der Waals surface area contributed by atoms with Crippen LogP contribution in [0.4, 0.5) is 0 Å². The van der Waals surface area contributed by atoms with Gasteiger partial charge in [0.25, 0.3) is 0 Å². The molecule has 0 spiro atoms. The first-order valence-corrected chi connectivity index (χ1v) is 6.67. The van der Waals surface area contributed by atoms with Crippen molar-refractivity contribution >= 4 is 45.5 Å². The van der Waals surface area contributed by atoms with Crippen LogP contribution in [-0.4, -0.2) is 9.97 Å². The van der Waals surface area contributed by atoms with Crippen LogP contribution in [0.3, 0.4) is 0 Å². The van der Waals surface area contributed by atoms with E-state index < -0.39 is 0 Å². The minimum atomic E-state index is 0.533. The summed E-state index contributed by atoms with van der Waals surface area (Å²) >= 11 is 9.83. The average molecular weight is 351 g/mol. The highest BCUT2D eigenvalue weighted by Gasteiger charge is 2.11. The maximum Gasteiger partial charge on any atom is 0.171 e. The highest BCUT2D eigenvalue weighted by atomic mass is 127. The highest BCUT2D eigenvalue weighted by molar-refractivity contribution is 14.1. The summed E-state index contributed by atoms with van der Waals surface area (Å²) in [6.07, 6.45) is 0. The number of nitrogens with zero attached hydrogens (tertiary/aromatic N) is 2. The van der Waals surface area contributed by atoms with Crippen molar-refractivity contribution in [3.05, 3.63) is 31.4 Å². The van der Waals surface area contributed by atoms with Gasteiger partial charge in [-0.15, -0.1) is 11.3 Å². The van der Waals surface area contributed by atoms with Crippen molar-refractivity contribution in [3.8, 4) is 10.7 Å². The Labute approximate surface area is 111 Å². The Morgan fingerprint density at radius 3 is 2.60 bits per heavy atom. The molecule has 0 unspecified atom stereocenters. The van der Waals surface area contributed by atoms with Crippen molar-refractivity contribution in [3.63, 3.8) is 0 Å². The summed E-state index contributed by atoms with van der Waals surface area (Å²) in [5.74, 6) is 0.727. The number of aryl methyl sites for hydroxylation is 2. The second kappa shape index (κ2) is 4.35. The van der Waals surface area contributed by atoms with Gasteiger partial charge in [-0.2, -0.15) is 0 Å². The normalized spacial score (nSPS) is 10.7. The lowest BCUT2D eigenvalue weighted by Crippen LogP contribution is -1.95. The van der Waals surface area contributed by atoms with Crippen molar-refractivity contribution in [2.24, 2.45) is 0 Å². The lowest BCUT2D eigenvalue weighted by molar-refractivity contribution is 1.09. The Hall–Kier alpha value is -0.200. The number of aromatic nitrogens is 2. The fourth-order valence-electron chi connectivity index (χ4n) is 1.23. The summed E-state index contributed by atoms with van der Waals surface area (Å²) in [4.78, 5) is 9.83. The predicted molar refractivity (Wildman–Crippen MR) is 72.5 cm³/mol. The zero-order valence-electron chi connectivity index (χ0n) is 8.21. The Balaban J connectivity index is 2.60. The summed E-state index contributed by atoms with van der Waals surface area (Å²) in [5, 5.41) is 2.57. The van der Waals surface area contributed by atoms with E-state index in [-0.39, 0.29) is 0 Å². The second-order valence-electron chi connectivity index (χ2n) is 3.17. The number of rotatable bonds is 1. The minimum Gasteiger partial charge on any atom is -0.231 e. The lowest BCUT2D eigenvalue weighted by atomic mass is 10.3. The number of hydrogen-bond donors (Lipinski definition) is 0. The first-order chi connectivity index (χ1) is 7.09. The third-order valence-corrected chi connectivity index (χ3v) is 4.94. The maximum atomic E-state index is 6.03. The van der Waals surface area contributed by atoms with Gasteiger partial charge >= 0.3 is 0 Å². The summed E-state index contributed by atoms with van der Waals surface area (Å²) in [5.41, 5.74) is 2.12. The van der Waals surface area contributed by atoms with Gasteiger partial charge in [0, 0.05) is 0 Å². The van der Waals surface area contributed by atoms with Gasteiger partial charge in [-0.3, -0.25) is 0 Å². The standard InChI is InChI=1S/C10H8ClIN2S/c1-5-3-4-15-8(5)10-13-6(2)7(12)9(11)14-10/h3-4H,1-2H3. The zero-order valence-corrected chi connectivity index (χ0v) is 11.9. The summed E-state index contributed by atoms with van der Waals surface area (Å²) in [6, 6.07) is 2.06. The van der Waals surface area contributed by atoms with Crippen LogP contribution in [0.25, 0.3) is 10.7 Å². The molecule has 0 aliphatic carbocycles.